The molecule has 0 spiro atoms. The molecule has 0 saturated carbocycles. The van der Waals surface area contributed by atoms with Crippen molar-refractivity contribution in [2.75, 3.05) is 10.6 Å². The lowest BCUT2D eigenvalue weighted by Gasteiger charge is -2.27. The molecule has 3 aromatic rings. The fourth-order valence-corrected chi connectivity index (χ4v) is 3.20. The first-order valence-electron chi connectivity index (χ1n) is 8.27. The molecule has 130 valence electrons. The summed E-state index contributed by atoms with van der Waals surface area (Å²) in [6.07, 6.45) is 5.07. The lowest BCUT2D eigenvalue weighted by molar-refractivity contribution is -0.131. The zero-order chi connectivity index (χ0) is 18.1. The third kappa shape index (κ3) is 3.04. The third-order valence-corrected chi connectivity index (χ3v) is 4.47. The third-order valence-electron chi connectivity index (χ3n) is 4.47. The number of carboxylic acid groups (broad SMARTS) is 1. The molecule has 1 atom stereocenters. The standard InChI is InChI=1S/C20H17N3O3/c24-19(25)8-6-12-5-7-16-17(9-12)23-20(26)18(22-16)10-13-11-21-15-4-2-1-3-14(13)15/h1-9,11,18,21-22H,10H2,(H,23,26)(H,24,25)/t18-/m0/s1. The first-order chi connectivity index (χ1) is 12.6. The van der Waals surface area contributed by atoms with Crippen LogP contribution in [0.4, 0.5) is 11.4 Å². The van der Waals surface area contributed by atoms with Gasteiger partial charge in [0.05, 0.1) is 11.4 Å². The van der Waals surface area contributed by atoms with E-state index in [9.17, 15) is 9.59 Å². The van der Waals surface area contributed by atoms with Gasteiger partial charge < -0.3 is 20.7 Å². The van der Waals surface area contributed by atoms with Crippen LogP contribution in [0, 0.1) is 0 Å². The van der Waals surface area contributed by atoms with Gasteiger partial charge in [-0.1, -0.05) is 24.3 Å². The highest BCUT2D eigenvalue weighted by atomic mass is 16.4. The number of H-pyrrole nitrogens is 1. The van der Waals surface area contributed by atoms with Crippen LogP contribution in [0.3, 0.4) is 0 Å². The molecule has 0 aliphatic carbocycles. The molecule has 0 radical (unpaired) electrons. The number of anilines is 2. The predicted molar refractivity (Wildman–Crippen MR) is 101 cm³/mol. The molecule has 6 nitrogen and oxygen atoms in total. The number of fused-ring (bicyclic) bond motifs is 2. The maximum atomic E-state index is 12.5. The van der Waals surface area contributed by atoms with Gasteiger partial charge in [0.15, 0.2) is 0 Å². The Hall–Kier alpha value is -3.54. The summed E-state index contributed by atoms with van der Waals surface area (Å²) in [5.41, 5.74) is 4.31. The molecule has 2 aromatic carbocycles. The zero-order valence-corrected chi connectivity index (χ0v) is 13.8. The molecule has 2 heterocycles. The Morgan fingerprint density at radius 1 is 1.15 bits per heavy atom. The smallest absolute Gasteiger partial charge is 0.328 e. The van der Waals surface area contributed by atoms with Crippen LogP contribution >= 0.6 is 0 Å². The van der Waals surface area contributed by atoms with Crippen molar-refractivity contribution < 1.29 is 14.7 Å². The van der Waals surface area contributed by atoms with Crippen molar-refractivity contribution in [2.45, 2.75) is 12.5 Å². The summed E-state index contributed by atoms with van der Waals surface area (Å²) in [5.74, 6) is -1.12. The Bertz CT molecular complexity index is 1040. The summed E-state index contributed by atoms with van der Waals surface area (Å²) in [7, 11) is 0. The lowest BCUT2D eigenvalue weighted by atomic mass is 10.0. The van der Waals surface area contributed by atoms with Crippen molar-refractivity contribution in [2.24, 2.45) is 0 Å². The van der Waals surface area contributed by atoms with E-state index in [0.717, 1.165) is 28.2 Å². The maximum Gasteiger partial charge on any atom is 0.328 e. The van der Waals surface area contributed by atoms with Crippen LogP contribution in [-0.4, -0.2) is 28.0 Å². The Labute approximate surface area is 149 Å². The van der Waals surface area contributed by atoms with Crippen LogP contribution in [0.15, 0.2) is 54.7 Å². The van der Waals surface area contributed by atoms with Gasteiger partial charge in [0, 0.05) is 29.6 Å². The lowest BCUT2D eigenvalue weighted by Crippen LogP contribution is -2.40. The number of carboxylic acids is 1. The van der Waals surface area contributed by atoms with Gasteiger partial charge in [-0.2, -0.15) is 0 Å². The highest BCUT2D eigenvalue weighted by Crippen LogP contribution is 2.30. The van der Waals surface area contributed by atoms with Crippen molar-refractivity contribution in [3.8, 4) is 0 Å². The van der Waals surface area contributed by atoms with Gasteiger partial charge in [-0.05, 0) is 35.4 Å². The number of aromatic amines is 1. The number of para-hydroxylation sites is 1. The number of aromatic nitrogens is 1. The second-order valence-electron chi connectivity index (χ2n) is 6.23. The van der Waals surface area contributed by atoms with Gasteiger partial charge in [0.2, 0.25) is 5.91 Å². The highest BCUT2D eigenvalue weighted by molar-refractivity contribution is 6.04. The van der Waals surface area contributed by atoms with Gasteiger partial charge in [-0.3, -0.25) is 4.79 Å². The van der Waals surface area contributed by atoms with Crippen molar-refractivity contribution in [3.05, 3.63) is 65.9 Å². The van der Waals surface area contributed by atoms with E-state index < -0.39 is 5.97 Å². The average molecular weight is 347 g/mol. The SMILES string of the molecule is O=C(O)C=Cc1ccc2c(c1)NC(=O)[C@H](Cc1c[nH]c3ccccc13)N2. The number of carbonyl (C=O) groups is 2. The van der Waals surface area contributed by atoms with E-state index in [1.165, 1.54) is 6.08 Å². The minimum Gasteiger partial charge on any atom is -0.478 e. The molecular weight excluding hydrogens is 330 g/mol. The summed E-state index contributed by atoms with van der Waals surface area (Å²) >= 11 is 0. The van der Waals surface area contributed by atoms with E-state index in [2.05, 4.69) is 15.6 Å². The second-order valence-corrected chi connectivity index (χ2v) is 6.23. The summed E-state index contributed by atoms with van der Waals surface area (Å²) in [5, 5.41) is 16.0. The maximum absolute atomic E-state index is 12.5. The molecule has 4 rings (SSSR count). The van der Waals surface area contributed by atoms with Crippen LogP contribution in [0.1, 0.15) is 11.1 Å². The molecule has 0 bridgehead atoms. The van der Waals surface area contributed by atoms with E-state index in [0.29, 0.717) is 17.7 Å². The monoisotopic (exact) mass is 347 g/mol. The number of hydrogen-bond acceptors (Lipinski definition) is 3. The molecule has 6 heteroatoms. The quantitative estimate of drug-likeness (QED) is 0.545. The Balaban J connectivity index is 1.56. The minimum atomic E-state index is -1.01. The molecular formula is C20H17N3O3. The minimum absolute atomic E-state index is 0.109. The normalized spacial score (nSPS) is 16.3. The van der Waals surface area contributed by atoms with E-state index in [1.54, 1.807) is 6.07 Å². The fourth-order valence-electron chi connectivity index (χ4n) is 3.20. The van der Waals surface area contributed by atoms with Crippen molar-refractivity contribution in [1.29, 1.82) is 0 Å². The Morgan fingerprint density at radius 3 is 2.85 bits per heavy atom. The zero-order valence-electron chi connectivity index (χ0n) is 13.8. The number of benzene rings is 2. The number of nitrogens with one attached hydrogen (secondary N) is 3. The van der Waals surface area contributed by atoms with Crippen molar-refractivity contribution >= 4 is 40.2 Å². The number of carbonyl (C=O) groups excluding carboxylic acids is 1. The molecule has 1 amide bonds. The van der Waals surface area contributed by atoms with E-state index in [1.807, 2.05) is 42.6 Å². The average Bonchev–Trinajstić information content (AvgIpc) is 3.03. The summed E-state index contributed by atoms with van der Waals surface area (Å²) < 4.78 is 0. The van der Waals surface area contributed by atoms with Gasteiger partial charge in [-0.15, -0.1) is 0 Å². The van der Waals surface area contributed by atoms with Crippen molar-refractivity contribution in [3.63, 3.8) is 0 Å². The summed E-state index contributed by atoms with van der Waals surface area (Å²) in [6, 6.07) is 13.0. The Morgan fingerprint density at radius 2 is 2.00 bits per heavy atom. The van der Waals surface area contributed by atoms with Crippen LogP contribution < -0.4 is 10.6 Å². The summed E-state index contributed by atoms with van der Waals surface area (Å²) in [4.78, 5) is 26.4. The fraction of sp³-hybridized carbons (Fsp3) is 0.100. The van der Waals surface area contributed by atoms with Crippen LogP contribution in [-0.2, 0) is 16.0 Å². The van der Waals surface area contributed by atoms with E-state index in [4.69, 9.17) is 5.11 Å². The predicted octanol–water partition coefficient (Wildman–Crippen LogP) is 3.24. The van der Waals surface area contributed by atoms with Crippen molar-refractivity contribution in [1.82, 2.24) is 4.98 Å². The molecule has 1 aromatic heterocycles. The molecule has 26 heavy (non-hydrogen) atoms. The molecule has 1 aliphatic heterocycles. The number of amides is 1. The first kappa shape index (κ1) is 16.0. The highest BCUT2D eigenvalue weighted by Gasteiger charge is 2.26. The molecule has 4 N–H and O–H groups in total. The molecule has 0 saturated heterocycles. The van der Waals surface area contributed by atoms with Crippen LogP contribution in [0.25, 0.3) is 17.0 Å². The van der Waals surface area contributed by atoms with Gasteiger partial charge in [-0.25, -0.2) is 4.79 Å². The number of hydrogen-bond donors (Lipinski definition) is 4. The summed E-state index contributed by atoms with van der Waals surface area (Å²) in [6.45, 7) is 0. The molecule has 1 aliphatic rings. The molecule has 0 unspecified atom stereocenters. The largest absolute Gasteiger partial charge is 0.478 e. The topological polar surface area (TPSA) is 94.2 Å². The van der Waals surface area contributed by atoms with Gasteiger partial charge >= 0.3 is 5.97 Å². The van der Waals surface area contributed by atoms with Crippen LogP contribution in [0.5, 0.6) is 0 Å². The van der Waals surface area contributed by atoms with Gasteiger partial charge in [0.25, 0.3) is 0 Å². The second kappa shape index (κ2) is 6.40. The van der Waals surface area contributed by atoms with E-state index >= 15 is 0 Å². The van der Waals surface area contributed by atoms with E-state index in [-0.39, 0.29) is 11.9 Å². The molecule has 0 fully saturated rings. The Kier molecular flexibility index (Phi) is 3.93. The number of aliphatic carboxylic acids is 1. The first-order valence-corrected chi connectivity index (χ1v) is 8.27. The van der Waals surface area contributed by atoms with Crippen LogP contribution in [0.2, 0.25) is 0 Å². The van der Waals surface area contributed by atoms with Gasteiger partial charge in [0.1, 0.15) is 6.04 Å². The number of rotatable bonds is 4.